The van der Waals surface area contributed by atoms with E-state index in [9.17, 15) is 27.0 Å². The molecule has 31 heavy (non-hydrogen) atoms. The number of aryl methyl sites for hydroxylation is 1. The Morgan fingerprint density at radius 3 is 2.48 bits per heavy atom. The third-order valence-electron chi connectivity index (χ3n) is 5.29. The minimum absolute atomic E-state index is 0.0296. The van der Waals surface area contributed by atoms with Crippen LogP contribution < -0.4 is 13.2 Å². The lowest BCUT2D eigenvalue weighted by Gasteiger charge is -2.18. The summed E-state index contributed by atoms with van der Waals surface area (Å²) in [6.45, 7) is 1.97. The second-order valence-corrected chi connectivity index (χ2v) is 10.8. The summed E-state index contributed by atoms with van der Waals surface area (Å²) in [6, 6.07) is 6.34. The van der Waals surface area contributed by atoms with Crippen molar-refractivity contribution in [2.24, 2.45) is 0 Å². The molecule has 2 aromatic rings. The molecular weight excluding hydrogens is 444 g/mol. The third kappa shape index (κ3) is 4.15. The first-order valence-corrected chi connectivity index (χ1v) is 12.8. The zero-order valence-electron chi connectivity index (χ0n) is 16.9. The van der Waals surface area contributed by atoms with E-state index in [0.717, 1.165) is 52.7 Å². The number of benzene rings is 2. The summed E-state index contributed by atoms with van der Waals surface area (Å²) in [5.74, 6) is -0.528. The third-order valence-corrected chi connectivity index (χ3v) is 7.05. The average molecular weight is 467 g/mol. The first-order valence-electron chi connectivity index (χ1n) is 9.53. The Morgan fingerprint density at radius 1 is 1.16 bits per heavy atom. The van der Waals surface area contributed by atoms with Crippen LogP contribution >= 0.6 is 0 Å². The van der Waals surface area contributed by atoms with Gasteiger partial charge in [0, 0.05) is 12.0 Å². The largest absolute Gasteiger partial charge is 0.506 e. The number of nitrogens with one attached hydrogen (secondary N) is 1. The van der Waals surface area contributed by atoms with Gasteiger partial charge in [-0.25, -0.2) is 9.03 Å². The molecule has 0 fully saturated rings. The number of anilines is 1. The lowest BCUT2D eigenvalue weighted by molar-refractivity contribution is 0.392. The Kier molecular flexibility index (Phi) is 5.05. The van der Waals surface area contributed by atoms with Gasteiger partial charge in [0.1, 0.15) is 17.2 Å². The smallest absolute Gasteiger partial charge is 0.330 e. The maximum absolute atomic E-state index is 12.0. The molecule has 1 heterocycles. The van der Waals surface area contributed by atoms with Crippen LogP contribution in [0.5, 0.6) is 11.5 Å². The highest BCUT2D eigenvalue weighted by Gasteiger charge is 2.31. The van der Waals surface area contributed by atoms with E-state index in [1.165, 1.54) is 12.1 Å². The van der Waals surface area contributed by atoms with Gasteiger partial charge in [0.05, 0.1) is 12.5 Å². The monoisotopic (exact) mass is 466 g/mol. The quantitative estimate of drug-likeness (QED) is 0.575. The van der Waals surface area contributed by atoms with Crippen LogP contribution in [0.4, 0.5) is 5.69 Å². The van der Waals surface area contributed by atoms with Crippen LogP contribution in [0.2, 0.25) is 0 Å². The molecule has 0 amide bonds. The van der Waals surface area contributed by atoms with Gasteiger partial charge in [-0.15, -0.1) is 0 Å². The number of aliphatic hydroxyl groups excluding tert-OH is 1. The van der Waals surface area contributed by atoms with Crippen LogP contribution in [0.25, 0.3) is 0 Å². The van der Waals surface area contributed by atoms with E-state index in [1.807, 2.05) is 17.7 Å². The van der Waals surface area contributed by atoms with Crippen molar-refractivity contribution < 1.29 is 31.2 Å². The van der Waals surface area contributed by atoms with Crippen molar-refractivity contribution in [1.29, 1.82) is 0 Å². The van der Waals surface area contributed by atoms with Gasteiger partial charge in [0.25, 0.3) is 0 Å². The van der Waals surface area contributed by atoms with Crippen molar-refractivity contribution in [3.05, 3.63) is 64.2 Å². The van der Waals surface area contributed by atoms with Crippen LogP contribution in [0.15, 0.2) is 36.3 Å². The van der Waals surface area contributed by atoms with Gasteiger partial charge in [-0.2, -0.15) is 16.8 Å². The highest BCUT2D eigenvalue weighted by molar-refractivity contribution is 7.91. The van der Waals surface area contributed by atoms with Gasteiger partial charge in [0.2, 0.25) is 5.88 Å². The molecular formula is C20H22N2O7S2. The second kappa shape index (κ2) is 7.34. The molecule has 3 N–H and O–H groups in total. The zero-order chi connectivity index (χ0) is 22.6. The molecule has 2 aromatic carbocycles. The average Bonchev–Trinajstić information content (AvgIpc) is 3.22. The molecule has 1 aliphatic heterocycles. The SMILES string of the molecule is Cc1cc(Cc2ccc(N3C=C(O)NS3(=O)=O)c(O)c2)c(OS(C)(=O)=O)c2c1CCC2. The number of phenols is 1. The summed E-state index contributed by atoms with van der Waals surface area (Å²) in [5, 5.41) is 19.9. The van der Waals surface area contributed by atoms with Crippen LogP contribution in [0, 0.1) is 6.92 Å². The molecule has 2 aliphatic rings. The number of aliphatic hydroxyl groups is 1. The normalized spacial score (nSPS) is 17.2. The van der Waals surface area contributed by atoms with Gasteiger partial charge in [0.15, 0.2) is 0 Å². The van der Waals surface area contributed by atoms with E-state index >= 15 is 0 Å². The Bertz CT molecular complexity index is 1320. The number of phenolic OH excluding ortho intramolecular Hbond substituents is 1. The minimum atomic E-state index is -4.03. The van der Waals surface area contributed by atoms with Gasteiger partial charge in [-0.3, -0.25) is 0 Å². The lowest BCUT2D eigenvalue weighted by atomic mass is 9.95. The molecule has 0 saturated carbocycles. The topological polar surface area (TPSA) is 133 Å². The number of hydrogen-bond donors (Lipinski definition) is 3. The van der Waals surface area contributed by atoms with Crippen LogP contribution in [-0.2, 0) is 39.6 Å². The van der Waals surface area contributed by atoms with Crippen molar-refractivity contribution in [2.45, 2.75) is 32.6 Å². The molecule has 0 aromatic heterocycles. The van der Waals surface area contributed by atoms with Gasteiger partial charge < -0.3 is 14.4 Å². The molecule has 166 valence electrons. The van der Waals surface area contributed by atoms with Crippen LogP contribution in [0.1, 0.15) is 34.2 Å². The van der Waals surface area contributed by atoms with Crippen molar-refractivity contribution in [3.63, 3.8) is 0 Å². The predicted molar refractivity (Wildman–Crippen MR) is 115 cm³/mol. The van der Waals surface area contributed by atoms with Gasteiger partial charge in [-0.05, 0) is 60.6 Å². The lowest BCUT2D eigenvalue weighted by Crippen LogP contribution is -2.29. The molecule has 1 aliphatic carbocycles. The summed E-state index contributed by atoms with van der Waals surface area (Å²) in [6.07, 6.45) is 4.76. The Balaban J connectivity index is 1.72. The van der Waals surface area contributed by atoms with Crippen LogP contribution in [-0.4, -0.2) is 33.3 Å². The van der Waals surface area contributed by atoms with Crippen molar-refractivity contribution >= 4 is 26.0 Å². The predicted octanol–water partition coefficient (Wildman–Crippen LogP) is 2.13. The Hall–Kier alpha value is -2.92. The fourth-order valence-corrected chi connectivity index (χ4v) is 5.67. The molecule has 0 unspecified atom stereocenters. The van der Waals surface area contributed by atoms with Crippen LogP contribution in [0.3, 0.4) is 0 Å². The number of fused-ring (bicyclic) bond motifs is 1. The Morgan fingerprint density at radius 2 is 1.87 bits per heavy atom. The maximum Gasteiger partial charge on any atom is 0.330 e. The van der Waals surface area contributed by atoms with E-state index in [4.69, 9.17) is 4.18 Å². The summed E-state index contributed by atoms with van der Waals surface area (Å²) in [7, 11) is -7.76. The first-order chi connectivity index (χ1) is 14.4. The van der Waals surface area contributed by atoms with Gasteiger partial charge >= 0.3 is 20.3 Å². The number of nitrogens with zero attached hydrogens (tertiary/aromatic N) is 1. The highest BCUT2D eigenvalue weighted by atomic mass is 32.2. The van der Waals surface area contributed by atoms with E-state index in [-0.39, 0.29) is 17.9 Å². The summed E-state index contributed by atoms with van der Waals surface area (Å²) in [4.78, 5) is 0. The van der Waals surface area contributed by atoms with E-state index in [1.54, 1.807) is 6.07 Å². The molecule has 4 rings (SSSR count). The fraction of sp³-hybridized carbons (Fsp3) is 0.300. The molecule has 0 radical (unpaired) electrons. The maximum atomic E-state index is 12.0. The summed E-state index contributed by atoms with van der Waals surface area (Å²) < 4.78 is 55.8. The first kappa shape index (κ1) is 21.3. The van der Waals surface area contributed by atoms with E-state index < -0.39 is 26.2 Å². The van der Waals surface area contributed by atoms with Crippen molar-refractivity contribution in [1.82, 2.24) is 4.72 Å². The minimum Gasteiger partial charge on any atom is -0.506 e. The molecule has 0 saturated heterocycles. The van der Waals surface area contributed by atoms with E-state index in [2.05, 4.69) is 0 Å². The van der Waals surface area contributed by atoms with Gasteiger partial charge in [-0.1, -0.05) is 12.1 Å². The number of rotatable bonds is 5. The van der Waals surface area contributed by atoms with Crippen molar-refractivity contribution in [3.8, 4) is 11.5 Å². The fourth-order valence-electron chi connectivity index (χ4n) is 4.10. The molecule has 9 nitrogen and oxygen atoms in total. The zero-order valence-corrected chi connectivity index (χ0v) is 18.5. The standard InChI is InChI=1S/C20H22N2O7S2/c1-12-8-14(20(29-30(2,25)26)16-5-3-4-15(12)16)9-13-6-7-17(18(23)10-13)22-11-19(24)21-31(22,27)28/h6-8,10-11,21,23-24H,3-5,9H2,1-2H3. The number of aromatic hydroxyl groups is 1. The second-order valence-electron chi connectivity index (χ2n) is 7.70. The Labute approximate surface area is 180 Å². The van der Waals surface area contributed by atoms with Crippen molar-refractivity contribution in [2.75, 3.05) is 10.6 Å². The molecule has 0 bridgehead atoms. The molecule has 0 spiro atoms. The van der Waals surface area contributed by atoms with E-state index in [0.29, 0.717) is 16.9 Å². The summed E-state index contributed by atoms with van der Waals surface area (Å²) >= 11 is 0. The summed E-state index contributed by atoms with van der Waals surface area (Å²) in [5.41, 5.74) is 4.34. The molecule has 11 heteroatoms. The molecule has 0 atom stereocenters. The highest BCUT2D eigenvalue weighted by Crippen LogP contribution is 2.39. The number of hydrogen-bond acceptors (Lipinski definition) is 7.